The first kappa shape index (κ1) is 13.3. The molecule has 0 unspecified atom stereocenters. The summed E-state index contributed by atoms with van der Waals surface area (Å²) in [5, 5.41) is 5.02. The predicted molar refractivity (Wildman–Crippen MR) is 72.5 cm³/mol. The second-order valence-electron chi connectivity index (χ2n) is 3.85. The normalized spacial score (nSPS) is 11.0. The van der Waals surface area contributed by atoms with Crippen LogP contribution in [-0.2, 0) is 14.8 Å². The van der Waals surface area contributed by atoms with Gasteiger partial charge in [0.1, 0.15) is 0 Å². The van der Waals surface area contributed by atoms with E-state index in [4.69, 9.17) is 5.14 Å². The van der Waals surface area contributed by atoms with Gasteiger partial charge in [-0.3, -0.25) is 9.69 Å². The summed E-state index contributed by atoms with van der Waals surface area (Å²) in [6, 6.07) is 14.8. The lowest BCUT2D eigenvalue weighted by molar-refractivity contribution is -0.106. The molecule has 2 N–H and O–H groups in total. The zero-order valence-corrected chi connectivity index (χ0v) is 10.7. The summed E-state index contributed by atoms with van der Waals surface area (Å²) in [4.78, 5) is 12.6. The highest BCUT2D eigenvalue weighted by Crippen LogP contribution is 2.24. The Morgan fingerprint density at radius 3 is 1.89 bits per heavy atom. The Labute approximate surface area is 111 Å². The molecule has 0 saturated carbocycles. The maximum Gasteiger partial charge on any atom is 0.238 e. The number of primary sulfonamides is 1. The zero-order chi connectivity index (χ0) is 13.9. The van der Waals surface area contributed by atoms with Crippen molar-refractivity contribution in [2.75, 3.05) is 4.90 Å². The molecule has 0 aliphatic rings. The van der Waals surface area contributed by atoms with Gasteiger partial charge in [-0.25, -0.2) is 13.6 Å². The van der Waals surface area contributed by atoms with Crippen LogP contribution in [0.1, 0.15) is 0 Å². The summed E-state index contributed by atoms with van der Waals surface area (Å²) >= 11 is 0. The number of nitrogens with zero attached hydrogens (tertiary/aromatic N) is 1. The third-order valence-electron chi connectivity index (χ3n) is 2.58. The Kier molecular flexibility index (Phi) is 3.64. The van der Waals surface area contributed by atoms with Gasteiger partial charge in [0, 0.05) is 11.4 Å². The molecule has 0 bridgehead atoms. The molecule has 6 heteroatoms. The highest BCUT2D eigenvalue weighted by atomic mass is 32.2. The number of carbonyl (C=O) groups is 1. The fraction of sp³-hybridized carbons (Fsp3) is 0. The van der Waals surface area contributed by atoms with E-state index in [1.165, 1.54) is 29.2 Å². The van der Waals surface area contributed by atoms with E-state index in [0.29, 0.717) is 17.8 Å². The van der Waals surface area contributed by atoms with E-state index in [9.17, 15) is 13.2 Å². The highest BCUT2D eigenvalue weighted by molar-refractivity contribution is 7.89. The SMILES string of the molecule is NS(=O)(=O)c1ccc(N(C=O)c2ccccc2)cc1. The van der Waals surface area contributed by atoms with Crippen LogP contribution in [0.2, 0.25) is 0 Å². The van der Waals surface area contributed by atoms with Gasteiger partial charge in [0.15, 0.2) is 0 Å². The predicted octanol–water partition coefficient (Wildman–Crippen LogP) is 1.63. The number of amides is 1. The molecule has 0 aliphatic heterocycles. The first-order valence-corrected chi connectivity index (χ1v) is 6.99. The van der Waals surface area contributed by atoms with Gasteiger partial charge in [-0.05, 0) is 36.4 Å². The Morgan fingerprint density at radius 2 is 1.42 bits per heavy atom. The van der Waals surface area contributed by atoms with Gasteiger partial charge in [0.25, 0.3) is 0 Å². The van der Waals surface area contributed by atoms with Crippen LogP contribution < -0.4 is 10.0 Å². The number of para-hydroxylation sites is 1. The summed E-state index contributed by atoms with van der Waals surface area (Å²) in [5.74, 6) is 0. The van der Waals surface area contributed by atoms with Crippen molar-refractivity contribution < 1.29 is 13.2 Å². The van der Waals surface area contributed by atoms with E-state index in [1.54, 1.807) is 12.1 Å². The molecule has 98 valence electrons. The van der Waals surface area contributed by atoms with Gasteiger partial charge in [-0.2, -0.15) is 0 Å². The van der Waals surface area contributed by atoms with Crippen molar-refractivity contribution >= 4 is 27.8 Å². The minimum absolute atomic E-state index is 0.00941. The Balaban J connectivity index is 2.38. The second kappa shape index (κ2) is 5.21. The molecular formula is C13H12N2O3S. The molecule has 0 radical (unpaired) electrons. The number of hydrogen-bond donors (Lipinski definition) is 1. The molecule has 0 aromatic heterocycles. The number of nitrogens with two attached hydrogens (primary N) is 1. The largest absolute Gasteiger partial charge is 0.284 e. The van der Waals surface area contributed by atoms with Gasteiger partial charge in [0.2, 0.25) is 16.4 Å². The summed E-state index contributed by atoms with van der Waals surface area (Å²) in [6.07, 6.45) is 0.668. The van der Waals surface area contributed by atoms with E-state index in [2.05, 4.69) is 0 Å². The summed E-state index contributed by atoms with van der Waals surface area (Å²) in [7, 11) is -3.72. The topological polar surface area (TPSA) is 80.5 Å². The third kappa shape index (κ3) is 2.98. The smallest absolute Gasteiger partial charge is 0.238 e. The van der Waals surface area contributed by atoms with Crippen molar-refractivity contribution in [1.29, 1.82) is 0 Å². The van der Waals surface area contributed by atoms with Crippen LogP contribution in [0.25, 0.3) is 0 Å². The standard InChI is InChI=1S/C13H12N2O3S/c14-19(17,18)13-8-6-12(7-9-13)15(10-16)11-4-2-1-3-5-11/h1-10H,(H2,14,17,18). The highest BCUT2D eigenvalue weighted by Gasteiger charge is 2.10. The molecular weight excluding hydrogens is 264 g/mol. The van der Waals surface area contributed by atoms with Gasteiger partial charge < -0.3 is 0 Å². The van der Waals surface area contributed by atoms with Crippen molar-refractivity contribution in [3.8, 4) is 0 Å². The molecule has 0 atom stereocenters. The monoisotopic (exact) mass is 276 g/mol. The van der Waals surface area contributed by atoms with Gasteiger partial charge in [-0.1, -0.05) is 18.2 Å². The number of hydrogen-bond acceptors (Lipinski definition) is 3. The van der Waals surface area contributed by atoms with E-state index < -0.39 is 10.0 Å². The van der Waals surface area contributed by atoms with E-state index in [0.717, 1.165) is 0 Å². The molecule has 1 amide bonds. The minimum atomic E-state index is -3.72. The quantitative estimate of drug-likeness (QED) is 0.862. The fourth-order valence-corrected chi connectivity index (χ4v) is 2.17. The number of sulfonamides is 1. The minimum Gasteiger partial charge on any atom is -0.284 e. The molecule has 0 fully saturated rings. The first-order chi connectivity index (χ1) is 9.02. The van der Waals surface area contributed by atoms with Crippen LogP contribution in [0.4, 0.5) is 11.4 Å². The summed E-state index contributed by atoms with van der Waals surface area (Å²) < 4.78 is 22.3. The van der Waals surface area contributed by atoms with Crippen LogP contribution in [-0.4, -0.2) is 14.8 Å². The second-order valence-corrected chi connectivity index (χ2v) is 5.41. The number of rotatable bonds is 4. The molecule has 0 spiro atoms. The Bertz CT molecular complexity index is 667. The summed E-state index contributed by atoms with van der Waals surface area (Å²) in [6.45, 7) is 0. The summed E-state index contributed by atoms with van der Waals surface area (Å²) in [5.41, 5.74) is 1.26. The van der Waals surface area contributed by atoms with Crippen LogP contribution in [0.3, 0.4) is 0 Å². The average Bonchev–Trinajstić information content (AvgIpc) is 2.40. The molecule has 0 saturated heterocycles. The van der Waals surface area contributed by atoms with Crippen LogP contribution in [0, 0.1) is 0 Å². The Morgan fingerprint density at radius 1 is 0.895 bits per heavy atom. The van der Waals surface area contributed by atoms with Crippen molar-refractivity contribution in [2.45, 2.75) is 4.90 Å². The maximum atomic E-state index is 11.2. The number of anilines is 2. The van der Waals surface area contributed by atoms with Gasteiger partial charge in [-0.15, -0.1) is 0 Å². The molecule has 2 aromatic rings. The number of benzene rings is 2. The molecule has 2 rings (SSSR count). The van der Waals surface area contributed by atoms with E-state index in [-0.39, 0.29) is 4.90 Å². The van der Waals surface area contributed by atoms with Crippen LogP contribution in [0.5, 0.6) is 0 Å². The van der Waals surface area contributed by atoms with Crippen LogP contribution in [0.15, 0.2) is 59.5 Å². The van der Waals surface area contributed by atoms with Crippen LogP contribution >= 0.6 is 0 Å². The van der Waals surface area contributed by atoms with Crippen molar-refractivity contribution in [3.63, 3.8) is 0 Å². The lowest BCUT2D eigenvalue weighted by atomic mass is 10.2. The third-order valence-corrected chi connectivity index (χ3v) is 3.51. The van der Waals surface area contributed by atoms with Crippen molar-refractivity contribution in [2.24, 2.45) is 5.14 Å². The molecule has 0 heterocycles. The zero-order valence-electron chi connectivity index (χ0n) is 9.93. The number of carbonyl (C=O) groups excluding carboxylic acids is 1. The lowest BCUT2D eigenvalue weighted by Crippen LogP contribution is -2.15. The lowest BCUT2D eigenvalue weighted by Gasteiger charge is -2.17. The van der Waals surface area contributed by atoms with Gasteiger partial charge in [0.05, 0.1) is 4.90 Å². The molecule has 5 nitrogen and oxygen atoms in total. The van der Waals surface area contributed by atoms with E-state index >= 15 is 0 Å². The average molecular weight is 276 g/mol. The molecule has 19 heavy (non-hydrogen) atoms. The fourth-order valence-electron chi connectivity index (χ4n) is 1.66. The molecule has 0 aliphatic carbocycles. The van der Waals surface area contributed by atoms with E-state index in [1.807, 2.05) is 18.2 Å². The van der Waals surface area contributed by atoms with Crippen molar-refractivity contribution in [3.05, 3.63) is 54.6 Å². The Hall–Kier alpha value is -2.18. The first-order valence-electron chi connectivity index (χ1n) is 5.45. The van der Waals surface area contributed by atoms with Gasteiger partial charge >= 0.3 is 0 Å². The molecule has 2 aromatic carbocycles. The maximum absolute atomic E-state index is 11.2. The van der Waals surface area contributed by atoms with Crippen molar-refractivity contribution in [1.82, 2.24) is 0 Å².